The smallest absolute Gasteiger partial charge is 0.200 e. The third kappa shape index (κ3) is 2.17. The van der Waals surface area contributed by atoms with Gasteiger partial charge in [0.05, 0.1) is 17.5 Å². The van der Waals surface area contributed by atoms with Crippen molar-refractivity contribution in [3.63, 3.8) is 0 Å². The van der Waals surface area contributed by atoms with Gasteiger partial charge in [0.2, 0.25) is 5.43 Å². The first kappa shape index (κ1) is 13.1. The lowest BCUT2D eigenvalue weighted by molar-refractivity contribution is 0.541. The summed E-state index contributed by atoms with van der Waals surface area (Å²) in [5, 5.41) is 0.551. The molecule has 0 saturated heterocycles. The number of benzene rings is 2. The predicted octanol–water partition coefficient (Wildman–Crippen LogP) is 3.68. The molecule has 0 aliphatic heterocycles. The van der Waals surface area contributed by atoms with E-state index >= 15 is 0 Å². The van der Waals surface area contributed by atoms with Gasteiger partial charge < -0.3 is 10.2 Å². The van der Waals surface area contributed by atoms with Crippen molar-refractivity contribution in [3.8, 4) is 11.1 Å². The van der Waals surface area contributed by atoms with Crippen LogP contribution >= 0.6 is 15.9 Å². The second-order valence-electron chi connectivity index (χ2n) is 4.44. The van der Waals surface area contributed by atoms with E-state index in [0.717, 1.165) is 10.0 Å². The van der Waals surface area contributed by atoms with E-state index in [9.17, 15) is 4.79 Å². The first-order chi connectivity index (χ1) is 9.70. The van der Waals surface area contributed by atoms with Crippen molar-refractivity contribution in [1.82, 2.24) is 0 Å². The minimum Gasteiger partial charge on any atom is -0.459 e. The van der Waals surface area contributed by atoms with Gasteiger partial charge in [-0.05, 0) is 23.8 Å². The van der Waals surface area contributed by atoms with Crippen LogP contribution < -0.4 is 11.2 Å². The molecule has 3 rings (SSSR count). The van der Waals surface area contributed by atoms with E-state index in [1.54, 1.807) is 12.1 Å². The van der Waals surface area contributed by atoms with Crippen molar-refractivity contribution in [3.05, 3.63) is 69.0 Å². The number of hydrogen-bond acceptors (Lipinski definition) is 3. The first-order valence-electron chi connectivity index (χ1n) is 6.21. The van der Waals surface area contributed by atoms with Crippen molar-refractivity contribution >= 4 is 26.9 Å². The fraction of sp³-hybridized carbons (Fsp3) is 0.0625. The lowest BCUT2D eigenvalue weighted by Gasteiger charge is -2.08. The van der Waals surface area contributed by atoms with Gasteiger partial charge in [0.15, 0.2) is 0 Å². The third-order valence-corrected chi connectivity index (χ3v) is 3.67. The van der Waals surface area contributed by atoms with Gasteiger partial charge in [0.1, 0.15) is 11.3 Å². The van der Waals surface area contributed by atoms with Gasteiger partial charge in [-0.25, -0.2) is 0 Å². The highest BCUT2D eigenvalue weighted by atomic mass is 79.9. The summed E-state index contributed by atoms with van der Waals surface area (Å²) in [6.07, 6.45) is 0. The molecule has 0 saturated carbocycles. The Morgan fingerprint density at radius 1 is 1.10 bits per heavy atom. The number of rotatable bonds is 2. The SMILES string of the molecule is NCc1oc2ccc(Br)cc2c(=O)c1-c1ccccc1. The van der Waals surface area contributed by atoms with Crippen LogP contribution in [0.5, 0.6) is 0 Å². The highest BCUT2D eigenvalue weighted by Gasteiger charge is 2.15. The van der Waals surface area contributed by atoms with Crippen molar-refractivity contribution in [2.45, 2.75) is 6.54 Å². The van der Waals surface area contributed by atoms with E-state index in [-0.39, 0.29) is 12.0 Å². The molecule has 3 nitrogen and oxygen atoms in total. The molecule has 0 amide bonds. The van der Waals surface area contributed by atoms with Gasteiger partial charge >= 0.3 is 0 Å². The van der Waals surface area contributed by atoms with Crippen LogP contribution in [0.15, 0.2) is 62.2 Å². The molecule has 0 fully saturated rings. The Labute approximate surface area is 124 Å². The molecule has 0 aliphatic carbocycles. The summed E-state index contributed by atoms with van der Waals surface area (Å²) in [6, 6.07) is 14.8. The summed E-state index contributed by atoms with van der Waals surface area (Å²) in [5.41, 5.74) is 7.60. The Morgan fingerprint density at radius 2 is 1.85 bits per heavy atom. The maximum atomic E-state index is 12.7. The van der Waals surface area contributed by atoms with Crippen molar-refractivity contribution in [2.75, 3.05) is 0 Å². The molecular weight excluding hydrogens is 318 g/mol. The van der Waals surface area contributed by atoms with Gasteiger partial charge in [-0.1, -0.05) is 46.3 Å². The minimum absolute atomic E-state index is 0.0563. The molecule has 2 aromatic carbocycles. The van der Waals surface area contributed by atoms with Crippen LogP contribution in [0.25, 0.3) is 22.1 Å². The van der Waals surface area contributed by atoms with Crippen LogP contribution in [0.4, 0.5) is 0 Å². The van der Waals surface area contributed by atoms with Crippen molar-refractivity contribution < 1.29 is 4.42 Å². The highest BCUT2D eigenvalue weighted by molar-refractivity contribution is 9.10. The molecule has 0 radical (unpaired) electrons. The van der Waals surface area contributed by atoms with Gasteiger partial charge in [-0.15, -0.1) is 0 Å². The molecule has 0 aliphatic rings. The minimum atomic E-state index is -0.0563. The van der Waals surface area contributed by atoms with Crippen molar-refractivity contribution in [2.24, 2.45) is 5.73 Å². The summed E-state index contributed by atoms with van der Waals surface area (Å²) in [7, 11) is 0. The molecule has 0 bridgehead atoms. The summed E-state index contributed by atoms with van der Waals surface area (Å²) < 4.78 is 6.63. The highest BCUT2D eigenvalue weighted by Crippen LogP contribution is 2.25. The molecular formula is C16H12BrNO2. The fourth-order valence-corrected chi connectivity index (χ4v) is 2.62. The van der Waals surface area contributed by atoms with E-state index in [0.29, 0.717) is 22.3 Å². The fourth-order valence-electron chi connectivity index (χ4n) is 2.25. The monoisotopic (exact) mass is 329 g/mol. The van der Waals surface area contributed by atoms with Crippen LogP contribution in [0, 0.1) is 0 Å². The summed E-state index contributed by atoms with van der Waals surface area (Å²) in [4.78, 5) is 12.7. The molecule has 0 atom stereocenters. The van der Waals surface area contributed by atoms with Crippen LogP contribution in [-0.4, -0.2) is 0 Å². The third-order valence-electron chi connectivity index (χ3n) is 3.17. The Hall–Kier alpha value is -1.91. The normalized spacial score (nSPS) is 10.9. The largest absolute Gasteiger partial charge is 0.459 e. The van der Waals surface area contributed by atoms with Gasteiger partial charge in [-0.3, -0.25) is 4.79 Å². The molecule has 0 spiro atoms. The summed E-state index contributed by atoms with van der Waals surface area (Å²) in [5.74, 6) is 0.510. The van der Waals surface area contributed by atoms with Crippen LogP contribution in [0.3, 0.4) is 0 Å². The average Bonchev–Trinajstić information content (AvgIpc) is 2.48. The van der Waals surface area contributed by atoms with Crippen LogP contribution in [0.1, 0.15) is 5.76 Å². The molecule has 3 aromatic rings. The topological polar surface area (TPSA) is 56.2 Å². The number of nitrogens with two attached hydrogens (primary N) is 1. The quantitative estimate of drug-likeness (QED) is 0.780. The average molecular weight is 330 g/mol. The van der Waals surface area contributed by atoms with E-state index in [1.165, 1.54) is 0 Å². The Kier molecular flexibility index (Phi) is 3.42. The Balaban J connectivity index is 2.41. The molecule has 20 heavy (non-hydrogen) atoms. The Bertz CT molecular complexity index is 825. The standard InChI is InChI=1S/C16H12BrNO2/c17-11-6-7-13-12(8-11)16(19)15(14(9-18)20-13)10-4-2-1-3-5-10/h1-8H,9,18H2. The zero-order valence-electron chi connectivity index (χ0n) is 10.6. The van der Waals surface area contributed by atoms with E-state index in [1.807, 2.05) is 36.4 Å². The second-order valence-corrected chi connectivity index (χ2v) is 5.36. The van der Waals surface area contributed by atoms with Crippen LogP contribution in [-0.2, 0) is 6.54 Å². The molecule has 2 N–H and O–H groups in total. The van der Waals surface area contributed by atoms with E-state index in [4.69, 9.17) is 10.2 Å². The Morgan fingerprint density at radius 3 is 2.55 bits per heavy atom. The molecule has 1 heterocycles. The molecule has 0 unspecified atom stereocenters. The van der Waals surface area contributed by atoms with Crippen LogP contribution in [0.2, 0.25) is 0 Å². The summed E-state index contributed by atoms with van der Waals surface area (Å²) >= 11 is 3.38. The number of halogens is 1. The molecule has 100 valence electrons. The van der Waals surface area contributed by atoms with E-state index in [2.05, 4.69) is 15.9 Å². The number of hydrogen-bond donors (Lipinski definition) is 1. The summed E-state index contributed by atoms with van der Waals surface area (Å²) in [6.45, 7) is 0.186. The lowest BCUT2D eigenvalue weighted by Crippen LogP contribution is -2.11. The lowest BCUT2D eigenvalue weighted by atomic mass is 10.0. The van der Waals surface area contributed by atoms with Crippen molar-refractivity contribution in [1.29, 1.82) is 0 Å². The molecule has 1 aromatic heterocycles. The second kappa shape index (κ2) is 5.23. The van der Waals surface area contributed by atoms with E-state index < -0.39 is 0 Å². The number of fused-ring (bicyclic) bond motifs is 1. The molecule has 4 heteroatoms. The zero-order valence-corrected chi connectivity index (χ0v) is 12.2. The zero-order chi connectivity index (χ0) is 14.1. The van der Waals surface area contributed by atoms with Gasteiger partial charge in [-0.2, -0.15) is 0 Å². The van der Waals surface area contributed by atoms with Gasteiger partial charge in [0, 0.05) is 4.47 Å². The maximum absolute atomic E-state index is 12.7. The predicted molar refractivity (Wildman–Crippen MR) is 83.5 cm³/mol. The maximum Gasteiger partial charge on any atom is 0.200 e. The van der Waals surface area contributed by atoms with Gasteiger partial charge in [0.25, 0.3) is 0 Å². The first-order valence-corrected chi connectivity index (χ1v) is 7.00.